The van der Waals surface area contributed by atoms with Crippen molar-refractivity contribution in [1.29, 1.82) is 0 Å². The third-order valence-electron chi connectivity index (χ3n) is 3.51. The molecular weight excluding hydrogens is 313 g/mol. The Morgan fingerprint density at radius 3 is 2.17 bits per heavy atom. The van der Waals surface area contributed by atoms with E-state index in [1.165, 1.54) is 0 Å². The van der Waals surface area contributed by atoms with Crippen LogP contribution in [0.4, 0.5) is 13.2 Å². The molecule has 0 aliphatic carbocycles. The van der Waals surface area contributed by atoms with Crippen LogP contribution in [0, 0.1) is 5.92 Å². The number of halogens is 3. The Bertz CT molecular complexity index is 419. The zero-order valence-electron chi connectivity index (χ0n) is 13.7. The van der Waals surface area contributed by atoms with Crippen molar-refractivity contribution in [3.63, 3.8) is 0 Å². The van der Waals surface area contributed by atoms with Crippen LogP contribution in [0.5, 0.6) is 0 Å². The molecule has 0 aromatic rings. The second kappa shape index (κ2) is 8.37. The molecule has 1 atom stereocenters. The van der Waals surface area contributed by atoms with Gasteiger partial charge in [-0.15, -0.1) is 0 Å². The number of rotatable bonds is 4. The number of aliphatic hydroxyl groups excluding tert-OH is 1. The molecule has 23 heavy (non-hydrogen) atoms. The first-order valence-corrected chi connectivity index (χ1v) is 7.73. The number of piperazine rings is 1. The summed E-state index contributed by atoms with van der Waals surface area (Å²) in [4.78, 5) is 19.3. The van der Waals surface area contributed by atoms with Crippen molar-refractivity contribution in [1.82, 2.24) is 15.1 Å². The third-order valence-corrected chi connectivity index (χ3v) is 3.51. The summed E-state index contributed by atoms with van der Waals surface area (Å²) < 4.78 is 37.0. The van der Waals surface area contributed by atoms with Gasteiger partial charge >= 0.3 is 6.18 Å². The van der Waals surface area contributed by atoms with Crippen LogP contribution in [0.3, 0.4) is 0 Å². The summed E-state index contributed by atoms with van der Waals surface area (Å²) >= 11 is 0. The molecule has 0 saturated carbocycles. The highest BCUT2D eigenvalue weighted by Gasteiger charge is 2.38. The summed E-state index contributed by atoms with van der Waals surface area (Å²) in [5.74, 6) is 0.317. The van der Waals surface area contributed by atoms with Gasteiger partial charge in [0, 0.05) is 38.6 Å². The second-order valence-corrected chi connectivity index (χ2v) is 5.72. The van der Waals surface area contributed by atoms with E-state index in [9.17, 15) is 18.0 Å². The first kappa shape index (κ1) is 19.5. The van der Waals surface area contributed by atoms with Crippen molar-refractivity contribution < 1.29 is 23.1 Å². The molecule has 0 spiro atoms. The molecule has 0 aromatic heterocycles. The normalized spacial score (nSPS) is 18.3. The van der Waals surface area contributed by atoms with Gasteiger partial charge in [0.15, 0.2) is 12.1 Å². The second-order valence-electron chi connectivity index (χ2n) is 5.72. The lowest BCUT2D eigenvalue weighted by Crippen LogP contribution is -2.54. The Morgan fingerprint density at radius 2 is 1.74 bits per heavy atom. The standard InChI is InChI=1S/C14H25F3N4O2/c1-4-18-13(19-9-11(22)14(15,16)17)21-7-5-20(6-8-21)12(23)10(2)3/h10-11,22H,4-9H2,1-3H3,(H,18,19). The third kappa shape index (κ3) is 5.89. The number of aliphatic imine (C=N–C) groups is 1. The van der Waals surface area contributed by atoms with E-state index in [0.717, 1.165) is 0 Å². The molecule has 1 aliphatic rings. The summed E-state index contributed by atoms with van der Waals surface area (Å²) in [6.07, 6.45) is -7.15. The molecule has 1 fully saturated rings. The molecule has 1 unspecified atom stereocenters. The van der Waals surface area contributed by atoms with Gasteiger partial charge < -0.3 is 20.2 Å². The van der Waals surface area contributed by atoms with E-state index in [4.69, 9.17) is 5.11 Å². The largest absolute Gasteiger partial charge is 0.416 e. The number of alkyl halides is 3. The van der Waals surface area contributed by atoms with Gasteiger partial charge in [-0.3, -0.25) is 9.79 Å². The van der Waals surface area contributed by atoms with Crippen LogP contribution >= 0.6 is 0 Å². The van der Waals surface area contributed by atoms with Crippen molar-refractivity contribution in [3.05, 3.63) is 0 Å². The van der Waals surface area contributed by atoms with Crippen molar-refractivity contribution >= 4 is 11.9 Å². The number of hydrogen-bond donors (Lipinski definition) is 2. The lowest BCUT2D eigenvalue weighted by molar-refractivity contribution is -0.199. The first-order valence-electron chi connectivity index (χ1n) is 7.73. The van der Waals surface area contributed by atoms with E-state index in [1.807, 2.05) is 20.8 Å². The van der Waals surface area contributed by atoms with Crippen LogP contribution in [0.1, 0.15) is 20.8 Å². The average Bonchev–Trinajstić information content (AvgIpc) is 2.49. The van der Waals surface area contributed by atoms with E-state index in [-0.39, 0.29) is 11.8 Å². The highest BCUT2D eigenvalue weighted by atomic mass is 19.4. The smallest absolute Gasteiger partial charge is 0.382 e. The van der Waals surface area contributed by atoms with Crippen LogP contribution < -0.4 is 5.32 Å². The van der Waals surface area contributed by atoms with Gasteiger partial charge in [-0.2, -0.15) is 13.2 Å². The highest BCUT2D eigenvalue weighted by molar-refractivity contribution is 5.81. The Hall–Kier alpha value is -1.51. The number of aliphatic hydroxyl groups is 1. The summed E-state index contributed by atoms with van der Waals surface area (Å²) in [7, 11) is 0. The highest BCUT2D eigenvalue weighted by Crippen LogP contribution is 2.20. The van der Waals surface area contributed by atoms with Crippen LogP contribution in [-0.2, 0) is 4.79 Å². The van der Waals surface area contributed by atoms with Crippen LogP contribution in [0.2, 0.25) is 0 Å². The minimum absolute atomic E-state index is 0.0686. The molecule has 1 rings (SSSR count). The molecule has 2 N–H and O–H groups in total. The maximum Gasteiger partial charge on any atom is 0.416 e. The van der Waals surface area contributed by atoms with Crippen LogP contribution in [0.15, 0.2) is 4.99 Å². The molecule has 9 heteroatoms. The van der Waals surface area contributed by atoms with Crippen LogP contribution in [-0.4, -0.2) is 78.3 Å². The molecule has 0 bridgehead atoms. The predicted molar refractivity (Wildman–Crippen MR) is 81.0 cm³/mol. The number of amides is 1. The zero-order valence-corrected chi connectivity index (χ0v) is 13.7. The maximum atomic E-state index is 12.3. The SMILES string of the molecule is CCNC(=NCC(O)C(F)(F)F)N1CCN(C(=O)C(C)C)CC1. The van der Waals surface area contributed by atoms with Crippen molar-refractivity contribution in [2.45, 2.75) is 33.1 Å². The molecule has 0 radical (unpaired) electrons. The van der Waals surface area contributed by atoms with E-state index in [1.54, 1.807) is 9.80 Å². The van der Waals surface area contributed by atoms with Gasteiger partial charge in [-0.1, -0.05) is 13.8 Å². The van der Waals surface area contributed by atoms with Gasteiger partial charge in [0.25, 0.3) is 0 Å². The molecule has 1 heterocycles. The van der Waals surface area contributed by atoms with Gasteiger partial charge in [0.2, 0.25) is 5.91 Å². The molecule has 1 aliphatic heterocycles. The number of carbonyl (C=O) groups excluding carboxylic acids is 1. The number of carbonyl (C=O) groups is 1. The number of nitrogens with one attached hydrogen (secondary N) is 1. The summed E-state index contributed by atoms with van der Waals surface area (Å²) in [6, 6.07) is 0. The Labute approximate surface area is 134 Å². The zero-order chi connectivity index (χ0) is 17.6. The summed E-state index contributed by atoms with van der Waals surface area (Å²) in [5, 5.41) is 12.0. The van der Waals surface area contributed by atoms with E-state index in [2.05, 4.69) is 10.3 Å². The minimum atomic E-state index is -4.68. The van der Waals surface area contributed by atoms with Gasteiger partial charge in [-0.05, 0) is 6.92 Å². The topological polar surface area (TPSA) is 68.2 Å². The summed E-state index contributed by atoms with van der Waals surface area (Å²) in [6.45, 7) is 7.24. The molecule has 134 valence electrons. The van der Waals surface area contributed by atoms with Gasteiger partial charge in [0.1, 0.15) is 0 Å². The quantitative estimate of drug-likeness (QED) is 0.584. The van der Waals surface area contributed by atoms with Gasteiger partial charge in [0.05, 0.1) is 6.54 Å². The molecule has 1 amide bonds. The molecule has 1 saturated heterocycles. The lowest BCUT2D eigenvalue weighted by Gasteiger charge is -2.37. The minimum Gasteiger partial charge on any atom is -0.382 e. The number of guanidine groups is 1. The Morgan fingerprint density at radius 1 is 1.22 bits per heavy atom. The molecule has 0 aromatic carbocycles. The van der Waals surface area contributed by atoms with E-state index >= 15 is 0 Å². The fourth-order valence-corrected chi connectivity index (χ4v) is 2.21. The predicted octanol–water partition coefficient (Wildman–Crippen LogP) is 0.675. The van der Waals surface area contributed by atoms with Crippen LogP contribution in [0.25, 0.3) is 0 Å². The molecule has 6 nitrogen and oxygen atoms in total. The Kier molecular flexibility index (Phi) is 7.11. The maximum absolute atomic E-state index is 12.3. The number of nitrogens with zero attached hydrogens (tertiary/aromatic N) is 3. The lowest BCUT2D eigenvalue weighted by atomic mass is 10.1. The Balaban J connectivity index is 2.64. The summed E-state index contributed by atoms with van der Waals surface area (Å²) in [5.41, 5.74) is 0. The van der Waals surface area contributed by atoms with Crippen molar-refractivity contribution in [2.24, 2.45) is 10.9 Å². The molecular formula is C14H25F3N4O2. The fourth-order valence-electron chi connectivity index (χ4n) is 2.21. The van der Waals surface area contributed by atoms with Gasteiger partial charge in [-0.25, -0.2) is 0 Å². The van der Waals surface area contributed by atoms with Crippen molar-refractivity contribution in [3.8, 4) is 0 Å². The average molecular weight is 338 g/mol. The first-order chi connectivity index (χ1) is 10.7. The monoisotopic (exact) mass is 338 g/mol. The fraction of sp³-hybridized carbons (Fsp3) is 0.857. The number of hydrogen-bond acceptors (Lipinski definition) is 3. The van der Waals surface area contributed by atoms with E-state index in [0.29, 0.717) is 38.7 Å². The van der Waals surface area contributed by atoms with Crippen molar-refractivity contribution in [2.75, 3.05) is 39.3 Å². The van der Waals surface area contributed by atoms with E-state index < -0.39 is 18.8 Å².